The maximum Gasteiger partial charge on any atom is 0.221 e. The van der Waals surface area contributed by atoms with Crippen LogP contribution in [0.5, 0.6) is 17.2 Å². The Morgan fingerprint density at radius 1 is 1.12 bits per heavy atom. The number of β-amino-alcohol motifs (C(OH)–C–C–N with tert-alkyl or cyclic N) is 1. The third-order valence-corrected chi connectivity index (χ3v) is 6.90. The summed E-state index contributed by atoms with van der Waals surface area (Å²) in [5, 5.41) is 36.3. The number of nitriles is 1. The fourth-order valence-corrected chi connectivity index (χ4v) is 4.71. The monoisotopic (exact) mass is 614 g/mol. The molecule has 1 aliphatic rings. The SMILES string of the molecule is Cc1cc(OCC(O)CN2CCOCC2)ccc1C(=N)OC(=N)Cc1ccc(Cl)c(Oc2cc(Cl)cc(C#N)c2)c1F. The van der Waals surface area contributed by atoms with E-state index in [4.69, 9.17) is 58.2 Å². The maximum absolute atomic E-state index is 15.3. The van der Waals surface area contributed by atoms with Crippen LogP contribution in [0.4, 0.5) is 4.39 Å². The smallest absolute Gasteiger partial charge is 0.221 e. The highest BCUT2D eigenvalue weighted by molar-refractivity contribution is 6.32. The summed E-state index contributed by atoms with van der Waals surface area (Å²) in [6, 6.07) is 14.0. The van der Waals surface area contributed by atoms with Crippen molar-refractivity contribution in [3.8, 4) is 23.3 Å². The molecule has 3 aromatic rings. The van der Waals surface area contributed by atoms with Crippen LogP contribution >= 0.6 is 23.2 Å². The summed E-state index contributed by atoms with van der Waals surface area (Å²) in [7, 11) is 0. The molecular formula is C30H29Cl2FN4O5. The largest absolute Gasteiger partial charge is 0.491 e. The Morgan fingerprint density at radius 3 is 2.60 bits per heavy atom. The Kier molecular flexibility index (Phi) is 10.7. The van der Waals surface area contributed by atoms with Gasteiger partial charge in [-0.05, 0) is 55.0 Å². The van der Waals surface area contributed by atoms with E-state index in [-0.39, 0.29) is 57.5 Å². The van der Waals surface area contributed by atoms with Crippen LogP contribution in [0.1, 0.15) is 22.3 Å². The molecule has 42 heavy (non-hydrogen) atoms. The zero-order valence-electron chi connectivity index (χ0n) is 22.8. The highest BCUT2D eigenvalue weighted by Gasteiger charge is 2.19. The molecule has 1 aliphatic heterocycles. The van der Waals surface area contributed by atoms with Gasteiger partial charge in [0.05, 0.1) is 36.3 Å². The van der Waals surface area contributed by atoms with Gasteiger partial charge in [-0.2, -0.15) is 5.26 Å². The third kappa shape index (κ3) is 8.41. The first-order chi connectivity index (χ1) is 20.1. The number of aliphatic hydroxyl groups is 1. The van der Waals surface area contributed by atoms with Crippen LogP contribution in [0.3, 0.4) is 0 Å². The van der Waals surface area contributed by atoms with E-state index in [0.29, 0.717) is 36.6 Å². The predicted molar refractivity (Wildman–Crippen MR) is 157 cm³/mol. The van der Waals surface area contributed by atoms with E-state index in [9.17, 15) is 5.11 Å². The standard InChI is InChI=1S/C30H29Cl2FN4O5/c1-18-10-23(40-17-22(38)16-37-6-8-39-9-7-37)3-4-25(18)30(36)42-27(35)13-20-2-5-26(32)29(28(20)33)41-24-12-19(15-34)11-21(31)14-24/h2-5,10-12,14,22,35-36,38H,6-9,13,16-17H2,1H3. The number of halogens is 3. The molecule has 3 aromatic carbocycles. The number of nitrogens with zero attached hydrogens (tertiary/aromatic N) is 2. The van der Waals surface area contributed by atoms with Gasteiger partial charge in [-0.1, -0.05) is 29.3 Å². The molecule has 4 rings (SSSR count). The van der Waals surface area contributed by atoms with Crippen LogP contribution in [0, 0.1) is 34.9 Å². The Bertz CT molecular complexity index is 1510. The van der Waals surface area contributed by atoms with Crippen LogP contribution < -0.4 is 9.47 Å². The molecule has 1 heterocycles. The molecule has 0 saturated carbocycles. The fourth-order valence-electron chi connectivity index (χ4n) is 4.30. The van der Waals surface area contributed by atoms with E-state index in [1.165, 1.54) is 30.3 Å². The van der Waals surface area contributed by atoms with E-state index in [1.807, 2.05) is 6.07 Å². The Hall–Kier alpha value is -3.72. The minimum absolute atomic E-state index is 0.0125. The van der Waals surface area contributed by atoms with Crippen LogP contribution in [0.2, 0.25) is 10.0 Å². The quantitative estimate of drug-likeness (QED) is 0.196. The van der Waals surface area contributed by atoms with Gasteiger partial charge in [-0.15, -0.1) is 0 Å². The zero-order chi connectivity index (χ0) is 30.2. The van der Waals surface area contributed by atoms with Gasteiger partial charge in [0.25, 0.3) is 0 Å². The van der Waals surface area contributed by atoms with Gasteiger partial charge in [-0.3, -0.25) is 15.7 Å². The number of aryl methyl sites for hydroxylation is 1. The van der Waals surface area contributed by atoms with Crippen molar-refractivity contribution in [3.05, 3.63) is 86.6 Å². The van der Waals surface area contributed by atoms with E-state index >= 15 is 4.39 Å². The first kappa shape index (κ1) is 31.2. The van der Waals surface area contributed by atoms with Crippen LogP contribution in [0.25, 0.3) is 0 Å². The average Bonchev–Trinajstić information content (AvgIpc) is 2.96. The highest BCUT2D eigenvalue weighted by Crippen LogP contribution is 2.35. The van der Waals surface area contributed by atoms with Crippen molar-refractivity contribution in [3.63, 3.8) is 0 Å². The lowest BCUT2D eigenvalue weighted by Gasteiger charge is -2.28. The summed E-state index contributed by atoms with van der Waals surface area (Å²) in [6.07, 6.45) is -0.938. The fraction of sp³-hybridized carbons (Fsp3) is 0.300. The lowest BCUT2D eigenvalue weighted by molar-refractivity contribution is 0.00465. The van der Waals surface area contributed by atoms with Crippen molar-refractivity contribution in [2.75, 3.05) is 39.5 Å². The van der Waals surface area contributed by atoms with Gasteiger partial charge in [0.1, 0.15) is 24.2 Å². The normalized spacial score (nSPS) is 14.1. The van der Waals surface area contributed by atoms with Crippen LogP contribution in [-0.2, 0) is 15.9 Å². The minimum Gasteiger partial charge on any atom is -0.491 e. The molecule has 220 valence electrons. The Labute approximate surface area is 252 Å². The summed E-state index contributed by atoms with van der Waals surface area (Å²) in [4.78, 5) is 2.12. The molecule has 0 radical (unpaired) electrons. The first-order valence-electron chi connectivity index (χ1n) is 13.0. The Morgan fingerprint density at radius 2 is 1.88 bits per heavy atom. The van der Waals surface area contributed by atoms with Gasteiger partial charge in [-0.25, -0.2) is 4.39 Å². The first-order valence-corrected chi connectivity index (χ1v) is 13.8. The number of hydrogen-bond acceptors (Lipinski definition) is 9. The molecular weight excluding hydrogens is 586 g/mol. The predicted octanol–water partition coefficient (Wildman–Crippen LogP) is 5.74. The number of hydrogen-bond donors (Lipinski definition) is 3. The lowest BCUT2D eigenvalue weighted by Crippen LogP contribution is -2.42. The van der Waals surface area contributed by atoms with Crippen molar-refractivity contribution in [2.24, 2.45) is 0 Å². The van der Waals surface area contributed by atoms with Crippen molar-refractivity contribution >= 4 is 35.0 Å². The number of morpholine rings is 1. The summed E-state index contributed by atoms with van der Waals surface area (Å²) >= 11 is 12.2. The number of aliphatic hydroxyl groups excluding tert-OH is 1. The van der Waals surface area contributed by atoms with Gasteiger partial charge in [0.15, 0.2) is 17.5 Å². The second kappa shape index (κ2) is 14.4. The van der Waals surface area contributed by atoms with Gasteiger partial charge < -0.3 is 24.1 Å². The molecule has 1 unspecified atom stereocenters. The van der Waals surface area contributed by atoms with E-state index in [0.717, 1.165) is 13.1 Å². The van der Waals surface area contributed by atoms with Crippen molar-refractivity contribution < 1.29 is 28.4 Å². The minimum atomic E-state index is -0.811. The number of nitrogens with one attached hydrogen (secondary N) is 2. The number of rotatable bonds is 10. The molecule has 0 aromatic heterocycles. The molecule has 1 atom stereocenters. The molecule has 0 bridgehead atoms. The summed E-state index contributed by atoms with van der Waals surface area (Å²) < 4.78 is 37.4. The third-order valence-electron chi connectivity index (χ3n) is 6.38. The molecule has 3 N–H and O–H groups in total. The number of benzene rings is 3. The second-order valence-corrected chi connectivity index (χ2v) is 10.5. The Balaban J connectivity index is 1.35. The average molecular weight is 615 g/mol. The van der Waals surface area contributed by atoms with Gasteiger partial charge in [0, 0.05) is 35.8 Å². The lowest BCUT2D eigenvalue weighted by atomic mass is 10.1. The highest BCUT2D eigenvalue weighted by atomic mass is 35.5. The van der Waals surface area contributed by atoms with Crippen molar-refractivity contribution in [1.29, 1.82) is 16.1 Å². The maximum atomic E-state index is 15.3. The summed E-state index contributed by atoms with van der Waals surface area (Å²) in [5.74, 6) is -1.10. The van der Waals surface area contributed by atoms with Crippen LogP contribution in [-0.4, -0.2) is 67.4 Å². The molecule has 1 saturated heterocycles. The second-order valence-electron chi connectivity index (χ2n) is 9.62. The van der Waals surface area contributed by atoms with Gasteiger partial charge >= 0.3 is 0 Å². The number of ether oxygens (including phenoxy) is 4. The molecule has 0 amide bonds. The van der Waals surface area contributed by atoms with E-state index < -0.39 is 11.9 Å². The zero-order valence-corrected chi connectivity index (χ0v) is 24.3. The van der Waals surface area contributed by atoms with Gasteiger partial charge in [0.2, 0.25) is 5.90 Å². The summed E-state index contributed by atoms with van der Waals surface area (Å²) in [6.45, 7) is 5.22. The van der Waals surface area contributed by atoms with E-state index in [1.54, 1.807) is 25.1 Å². The molecule has 1 fully saturated rings. The topological polar surface area (TPSA) is 132 Å². The molecule has 0 aliphatic carbocycles. The molecule has 9 nitrogen and oxygen atoms in total. The van der Waals surface area contributed by atoms with Crippen molar-refractivity contribution in [1.82, 2.24) is 4.90 Å². The summed E-state index contributed by atoms with van der Waals surface area (Å²) in [5.41, 5.74) is 1.39. The van der Waals surface area contributed by atoms with E-state index in [2.05, 4.69) is 4.90 Å². The van der Waals surface area contributed by atoms with Crippen LogP contribution in [0.15, 0.2) is 48.5 Å². The van der Waals surface area contributed by atoms with Crippen molar-refractivity contribution in [2.45, 2.75) is 19.4 Å². The molecule has 0 spiro atoms. The molecule has 12 heteroatoms.